The summed E-state index contributed by atoms with van der Waals surface area (Å²) in [6, 6.07) is 8.51. The summed E-state index contributed by atoms with van der Waals surface area (Å²) < 4.78 is 0. The molecule has 122 valence electrons. The van der Waals surface area contributed by atoms with Crippen molar-refractivity contribution < 1.29 is 0 Å². The van der Waals surface area contributed by atoms with Crippen LogP contribution in [0.5, 0.6) is 0 Å². The van der Waals surface area contributed by atoms with Crippen molar-refractivity contribution in [1.29, 1.82) is 0 Å². The molecule has 2 aliphatic rings. The van der Waals surface area contributed by atoms with E-state index in [1.807, 2.05) is 0 Å². The van der Waals surface area contributed by atoms with Crippen molar-refractivity contribution in [3.05, 3.63) is 29.8 Å². The topological polar surface area (TPSA) is 37.8 Å². The number of rotatable bonds is 3. The van der Waals surface area contributed by atoms with Gasteiger partial charge in [-0.15, -0.1) is 10.2 Å². The average Bonchev–Trinajstić information content (AvgIpc) is 3.19. The van der Waals surface area contributed by atoms with E-state index in [1.165, 1.54) is 24.8 Å². The lowest BCUT2D eigenvalue weighted by atomic mass is 9.64. The fourth-order valence-electron chi connectivity index (χ4n) is 4.68. The Labute approximate surface area is 142 Å². The molecule has 0 amide bonds. The lowest BCUT2D eigenvalue weighted by Crippen LogP contribution is -2.52. The molecule has 3 nitrogen and oxygen atoms in total. The van der Waals surface area contributed by atoms with Crippen LogP contribution in [0.15, 0.2) is 24.3 Å². The molecule has 1 aromatic carbocycles. The third kappa shape index (κ3) is 2.22. The van der Waals surface area contributed by atoms with Crippen molar-refractivity contribution in [2.24, 2.45) is 17.3 Å². The van der Waals surface area contributed by atoms with E-state index in [0.717, 1.165) is 27.5 Å². The first-order valence-corrected chi connectivity index (χ1v) is 9.40. The molecule has 3 unspecified atom stereocenters. The Balaban J connectivity index is 1.59. The lowest BCUT2D eigenvalue weighted by molar-refractivity contribution is 0.119. The molecule has 1 heterocycles. The number of aromatic nitrogens is 2. The molecule has 2 aromatic rings. The van der Waals surface area contributed by atoms with Gasteiger partial charge in [0.15, 0.2) is 0 Å². The monoisotopic (exact) mass is 327 g/mol. The molecule has 1 N–H and O–H groups in total. The van der Waals surface area contributed by atoms with Gasteiger partial charge in [0, 0.05) is 11.1 Å². The van der Waals surface area contributed by atoms with Gasteiger partial charge in [0.25, 0.3) is 0 Å². The van der Waals surface area contributed by atoms with Crippen LogP contribution in [0.2, 0.25) is 0 Å². The third-order valence-corrected chi connectivity index (χ3v) is 7.59. The van der Waals surface area contributed by atoms with Crippen LogP contribution >= 0.6 is 11.3 Å². The van der Waals surface area contributed by atoms with Crippen LogP contribution in [0.1, 0.15) is 45.6 Å². The van der Waals surface area contributed by atoms with Crippen LogP contribution in [-0.4, -0.2) is 15.7 Å². The largest absolute Gasteiger partial charge is 0.354 e. The molecular formula is C19H25N3S. The Bertz CT molecular complexity index is 718. The Morgan fingerprint density at radius 2 is 1.74 bits per heavy atom. The maximum Gasteiger partial charge on any atom is 0.206 e. The molecule has 4 heteroatoms. The highest BCUT2D eigenvalue weighted by Crippen LogP contribution is 2.62. The van der Waals surface area contributed by atoms with Gasteiger partial charge in [-0.05, 0) is 50.4 Å². The van der Waals surface area contributed by atoms with E-state index < -0.39 is 0 Å². The first-order chi connectivity index (χ1) is 10.9. The van der Waals surface area contributed by atoms with Gasteiger partial charge in [-0.25, -0.2) is 0 Å². The fourth-order valence-corrected chi connectivity index (χ4v) is 5.55. The summed E-state index contributed by atoms with van der Waals surface area (Å²) in [4.78, 5) is 0. The maximum atomic E-state index is 4.43. The second-order valence-corrected chi connectivity index (χ2v) is 9.01. The molecule has 0 spiro atoms. The SMILES string of the molecule is Cc1ccc(-c2nnc(NC3(C)C4CCC(C4)C3(C)C)s2)cc1. The summed E-state index contributed by atoms with van der Waals surface area (Å²) in [6.07, 6.45) is 4.10. The Morgan fingerprint density at radius 3 is 2.39 bits per heavy atom. The van der Waals surface area contributed by atoms with Gasteiger partial charge in [0.2, 0.25) is 5.13 Å². The minimum atomic E-state index is 0.125. The Kier molecular flexibility index (Phi) is 3.31. The van der Waals surface area contributed by atoms with Crippen LogP contribution in [-0.2, 0) is 0 Å². The van der Waals surface area contributed by atoms with E-state index >= 15 is 0 Å². The van der Waals surface area contributed by atoms with Crippen LogP contribution in [0, 0.1) is 24.2 Å². The van der Waals surface area contributed by atoms with E-state index in [4.69, 9.17) is 0 Å². The molecule has 1 aromatic heterocycles. The molecular weight excluding hydrogens is 302 g/mol. The smallest absolute Gasteiger partial charge is 0.206 e. The van der Waals surface area contributed by atoms with Gasteiger partial charge in [0.05, 0.1) is 0 Å². The number of benzene rings is 1. The van der Waals surface area contributed by atoms with Gasteiger partial charge in [-0.3, -0.25) is 0 Å². The first-order valence-electron chi connectivity index (χ1n) is 8.59. The quantitative estimate of drug-likeness (QED) is 0.848. The average molecular weight is 327 g/mol. The number of aryl methyl sites for hydroxylation is 1. The zero-order valence-electron chi connectivity index (χ0n) is 14.4. The predicted octanol–water partition coefficient (Wildman–Crippen LogP) is 5.14. The Morgan fingerprint density at radius 1 is 1.04 bits per heavy atom. The first kappa shape index (κ1) is 15.1. The van der Waals surface area contributed by atoms with Crippen LogP contribution in [0.25, 0.3) is 10.6 Å². The molecule has 23 heavy (non-hydrogen) atoms. The number of nitrogens with zero attached hydrogens (tertiary/aromatic N) is 2. The van der Waals surface area contributed by atoms with Gasteiger partial charge < -0.3 is 5.32 Å². The van der Waals surface area contributed by atoms with E-state index in [2.05, 4.69) is 67.5 Å². The van der Waals surface area contributed by atoms with Crippen LogP contribution in [0.3, 0.4) is 0 Å². The van der Waals surface area contributed by atoms with Crippen LogP contribution in [0.4, 0.5) is 5.13 Å². The van der Waals surface area contributed by atoms with Crippen molar-refractivity contribution in [3.63, 3.8) is 0 Å². The standard InChI is InChI=1S/C19H25N3S/c1-12-5-7-13(8-6-12)16-21-22-17(23-16)20-19(4)15-10-9-14(11-15)18(19,2)3/h5-8,14-15H,9-11H2,1-4H3,(H,20,22). The second-order valence-electron chi connectivity index (χ2n) is 8.03. The van der Waals surface area contributed by atoms with Crippen LogP contribution < -0.4 is 5.32 Å². The highest BCUT2D eigenvalue weighted by molar-refractivity contribution is 7.18. The highest BCUT2D eigenvalue weighted by atomic mass is 32.1. The lowest BCUT2D eigenvalue weighted by Gasteiger charge is -2.48. The molecule has 0 radical (unpaired) electrons. The summed E-state index contributed by atoms with van der Waals surface area (Å²) in [5, 5.41) is 14.6. The molecule has 0 aliphatic heterocycles. The third-order valence-electron chi connectivity index (χ3n) is 6.70. The summed E-state index contributed by atoms with van der Waals surface area (Å²) >= 11 is 1.67. The molecule has 2 aliphatic carbocycles. The molecule has 0 saturated heterocycles. The maximum absolute atomic E-state index is 4.43. The number of nitrogens with one attached hydrogen (secondary N) is 1. The summed E-state index contributed by atoms with van der Waals surface area (Å²) in [7, 11) is 0. The van der Waals surface area contributed by atoms with E-state index in [0.29, 0.717) is 5.41 Å². The number of hydrogen-bond donors (Lipinski definition) is 1. The molecule has 4 rings (SSSR count). The van der Waals surface area contributed by atoms with E-state index in [1.54, 1.807) is 11.3 Å². The minimum Gasteiger partial charge on any atom is -0.354 e. The molecule has 2 fully saturated rings. The van der Waals surface area contributed by atoms with E-state index in [9.17, 15) is 0 Å². The normalized spacial score (nSPS) is 31.5. The van der Waals surface area contributed by atoms with Crippen molar-refractivity contribution in [3.8, 4) is 10.6 Å². The van der Waals surface area contributed by atoms with E-state index in [-0.39, 0.29) is 5.54 Å². The Hall–Kier alpha value is -1.42. The number of hydrogen-bond acceptors (Lipinski definition) is 4. The minimum absolute atomic E-state index is 0.125. The summed E-state index contributed by atoms with van der Waals surface area (Å²) in [5.74, 6) is 1.60. The van der Waals surface area contributed by atoms with Gasteiger partial charge in [0.1, 0.15) is 5.01 Å². The van der Waals surface area contributed by atoms with Crippen molar-refractivity contribution in [2.75, 3.05) is 5.32 Å². The van der Waals surface area contributed by atoms with Crippen molar-refractivity contribution in [1.82, 2.24) is 10.2 Å². The van der Waals surface area contributed by atoms with Crippen molar-refractivity contribution in [2.45, 2.75) is 52.5 Å². The fraction of sp³-hybridized carbons (Fsp3) is 0.579. The van der Waals surface area contributed by atoms with Gasteiger partial charge >= 0.3 is 0 Å². The molecule has 2 bridgehead atoms. The zero-order valence-corrected chi connectivity index (χ0v) is 15.2. The predicted molar refractivity (Wildman–Crippen MR) is 96.7 cm³/mol. The second kappa shape index (κ2) is 5.04. The molecule has 3 atom stereocenters. The summed E-state index contributed by atoms with van der Waals surface area (Å²) in [6.45, 7) is 9.34. The van der Waals surface area contributed by atoms with Gasteiger partial charge in [-0.1, -0.05) is 55.0 Å². The number of anilines is 1. The zero-order chi connectivity index (χ0) is 16.2. The van der Waals surface area contributed by atoms with Crippen molar-refractivity contribution >= 4 is 16.5 Å². The molecule has 2 saturated carbocycles. The van der Waals surface area contributed by atoms with Gasteiger partial charge in [-0.2, -0.15) is 0 Å². The highest BCUT2D eigenvalue weighted by Gasteiger charge is 2.60. The number of fused-ring (bicyclic) bond motifs is 2. The summed E-state index contributed by atoms with van der Waals surface area (Å²) in [5.41, 5.74) is 2.86.